The van der Waals surface area contributed by atoms with Gasteiger partial charge >= 0.3 is 5.97 Å². The van der Waals surface area contributed by atoms with Gasteiger partial charge in [-0.1, -0.05) is 6.92 Å². The molecule has 1 aliphatic heterocycles. The fourth-order valence-electron chi connectivity index (χ4n) is 3.50. The average Bonchev–Trinajstić information content (AvgIpc) is 3.10. The highest BCUT2D eigenvalue weighted by molar-refractivity contribution is 5.92. The lowest BCUT2D eigenvalue weighted by Gasteiger charge is -2.42. The van der Waals surface area contributed by atoms with Gasteiger partial charge in [-0.15, -0.1) is 10.2 Å². The summed E-state index contributed by atoms with van der Waals surface area (Å²) in [7, 11) is 0. The normalized spacial score (nSPS) is 22.7. The Hall–Kier alpha value is -2.22. The molecule has 2 N–H and O–H groups in total. The number of hydrogen-bond acceptors (Lipinski definition) is 6. The van der Waals surface area contributed by atoms with Gasteiger partial charge in [-0.2, -0.15) is 0 Å². The number of rotatable bonds is 7. The second-order valence-electron chi connectivity index (χ2n) is 6.72. The van der Waals surface area contributed by atoms with Crippen LogP contribution >= 0.6 is 0 Å². The smallest absolute Gasteiger partial charge is 0.317 e. The minimum atomic E-state index is -0.817. The predicted molar refractivity (Wildman–Crippen MR) is 92.6 cm³/mol. The molecule has 1 aromatic rings. The predicted octanol–water partition coefficient (Wildman–Crippen LogP) is 0.744. The number of carbonyl (C=O) groups is 2. The van der Waals surface area contributed by atoms with Crippen molar-refractivity contribution in [3.63, 3.8) is 0 Å². The van der Waals surface area contributed by atoms with E-state index in [1.807, 2.05) is 17.9 Å². The summed E-state index contributed by atoms with van der Waals surface area (Å²) in [6.07, 6.45) is 3.88. The van der Waals surface area contributed by atoms with Gasteiger partial charge in [0, 0.05) is 25.2 Å². The second kappa shape index (κ2) is 7.77. The van der Waals surface area contributed by atoms with Crippen molar-refractivity contribution in [2.45, 2.75) is 44.7 Å². The Morgan fingerprint density at radius 3 is 2.56 bits per heavy atom. The molecule has 1 saturated carbocycles. The zero-order valence-corrected chi connectivity index (χ0v) is 14.5. The Morgan fingerprint density at radius 2 is 2.00 bits per heavy atom. The molecule has 1 saturated heterocycles. The van der Waals surface area contributed by atoms with Crippen LogP contribution in [0, 0.1) is 0 Å². The van der Waals surface area contributed by atoms with Crippen LogP contribution in [0.25, 0.3) is 0 Å². The van der Waals surface area contributed by atoms with Gasteiger partial charge in [-0.3, -0.25) is 14.5 Å². The number of carboxylic acids is 1. The fraction of sp³-hybridized carbons (Fsp3) is 0.647. The lowest BCUT2D eigenvalue weighted by molar-refractivity contribution is -0.139. The van der Waals surface area contributed by atoms with Crippen LogP contribution in [0.3, 0.4) is 0 Å². The Morgan fingerprint density at radius 1 is 1.28 bits per heavy atom. The van der Waals surface area contributed by atoms with E-state index in [0.717, 1.165) is 31.7 Å². The topological polar surface area (TPSA) is 98.7 Å². The van der Waals surface area contributed by atoms with E-state index in [1.165, 1.54) is 12.8 Å². The van der Waals surface area contributed by atoms with E-state index < -0.39 is 5.97 Å². The third kappa shape index (κ3) is 4.25. The van der Waals surface area contributed by atoms with E-state index in [0.29, 0.717) is 12.2 Å². The fourth-order valence-corrected chi connectivity index (χ4v) is 3.50. The van der Waals surface area contributed by atoms with E-state index in [-0.39, 0.29) is 24.5 Å². The first-order chi connectivity index (χ1) is 12.1. The van der Waals surface area contributed by atoms with Crippen LogP contribution in [0.2, 0.25) is 0 Å². The quantitative estimate of drug-likeness (QED) is 0.751. The van der Waals surface area contributed by atoms with E-state index in [4.69, 9.17) is 5.11 Å². The van der Waals surface area contributed by atoms with Crippen LogP contribution in [0.5, 0.6) is 0 Å². The summed E-state index contributed by atoms with van der Waals surface area (Å²) < 4.78 is 0. The number of nitrogens with zero attached hydrogens (tertiary/aromatic N) is 4. The molecule has 2 aliphatic rings. The van der Waals surface area contributed by atoms with Gasteiger partial charge in [0.05, 0.1) is 6.54 Å². The summed E-state index contributed by atoms with van der Waals surface area (Å²) in [5.41, 5.74) is 0.323. The summed E-state index contributed by atoms with van der Waals surface area (Å²) in [6, 6.07) is 3.85. The summed E-state index contributed by atoms with van der Waals surface area (Å²) in [5, 5.41) is 20.1. The van der Waals surface area contributed by atoms with Crippen LogP contribution in [-0.4, -0.2) is 70.3 Å². The van der Waals surface area contributed by atoms with Crippen LogP contribution in [0.15, 0.2) is 12.1 Å². The highest BCUT2D eigenvalue weighted by Crippen LogP contribution is 2.26. The number of carbonyl (C=O) groups excluding carboxylic acids is 1. The molecule has 0 aromatic carbocycles. The number of aromatic nitrogens is 2. The van der Waals surface area contributed by atoms with E-state index in [2.05, 4.69) is 20.4 Å². The molecule has 8 nitrogen and oxygen atoms in total. The maximum Gasteiger partial charge on any atom is 0.317 e. The molecule has 2 heterocycles. The maximum absolute atomic E-state index is 12.3. The van der Waals surface area contributed by atoms with Gasteiger partial charge in [0.1, 0.15) is 0 Å². The van der Waals surface area contributed by atoms with Gasteiger partial charge in [0.15, 0.2) is 11.5 Å². The largest absolute Gasteiger partial charge is 0.480 e. The number of aliphatic carboxylic acids is 1. The van der Waals surface area contributed by atoms with Crippen LogP contribution < -0.4 is 10.2 Å². The number of anilines is 1. The standard InChI is InChI=1S/C17H25N5O3/c1-2-21(11-16(23)24)13-9-12(10-13)18-17(25)14-5-6-15(20-19-14)22-7-3-4-8-22/h5-6,12-13H,2-4,7-11H2,1H3,(H,18,25)(H,23,24). The van der Waals surface area contributed by atoms with Crippen LogP contribution in [0.1, 0.15) is 43.1 Å². The number of nitrogens with one attached hydrogen (secondary N) is 1. The van der Waals surface area contributed by atoms with Gasteiger partial charge in [-0.05, 0) is 44.4 Å². The number of hydrogen-bond donors (Lipinski definition) is 2. The van der Waals surface area contributed by atoms with Crippen molar-refractivity contribution in [3.8, 4) is 0 Å². The first-order valence-electron chi connectivity index (χ1n) is 8.92. The summed E-state index contributed by atoms with van der Waals surface area (Å²) in [4.78, 5) is 27.2. The molecule has 3 rings (SSSR count). The molecule has 0 spiro atoms. The number of likely N-dealkylation sites (N-methyl/N-ethyl adjacent to an activating group) is 1. The van der Waals surface area contributed by atoms with Gasteiger partial charge in [0.2, 0.25) is 0 Å². The molecule has 0 bridgehead atoms. The monoisotopic (exact) mass is 347 g/mol. The summed E-state index contributed by atoms with van der Waals surface area (Å²) >= 11 is 0. The SMILES string of the molecule is CCN(CC(=O)O)C1CC(NC(=O)c2ccc(N3CCCC3)nn2)C1. The molecule has 0 atom stereocenters. The highest BCUT2D eigenvalue weighted by Gasteiger charge is 2.35. The molecule has 25 heavy (non-hydrogen) atoms. The third-order valence-electron chi connectivity index (χ3n) is 5.02. The molecule has 1 aromatic heterocycles. The van der Waals surface area contributed by atoms with E-state index >= 15 is 0 Å². The zero-order chi connectivity index (χ0) is 17.8. The van der Waals surface area contributed by atoms with Crippen molar-refractivity contribution in [2.24, 2.45) is 0 Å². The van der Waals surface area contributed by atoms with Gasteiger partial charge in [-0.25, -0.2) is 0 Å². The van der Waals surface area contributed by atoms with Gasteiger partial charge < -0.3 is 15.3 Å². The molecule has 1 amide bonds. The second-order valence-corrected chi connectivity index (χ2v) is 6.72. The molecular weight excluding hydrogens is 322 g/mol. The lowest BCUT2D eigenvalue weighted by atomic mass is 9.85. The first kappa shape index (κ1) is 17.6. The lowest BCUT2D eigenvalue weighted by Crippen LogP contribution is -2.54. The molecule has 2 fully saturated rings. The minimum Gasteiger partial charge on any atom is -0.480 e. The van der Waals surface area contributed by atoms with Crippen molar-refractivity contribution < 1.29 is 14.7 Å². The molecule has 136 valence electrons. The van der Waals surface area contributed by atoms with Crippen LogP contribution in [0.4, 0.5) is 5.82 Å². The third-order valence-corrected chi connectivity index (χ3v) is 5.02. The Balaban J connectivity index is 1.47. The molecule has 0 unspecified atom stereocenters. The number of carboxylic acid groups (broad SMARTS) is 1. The molecule has 8 heteroatoms. The van der Waals surface area contributed by atoms with Crippen LogP contribution in [-0.2, 0) is 4.79 Å². The Labute approximate surface area is 147 Å². The van der Waals surface area contributed by atoms with Crippen molar-refractivity contribution in [1.29, 1.82) is 0 Å². The van der Waals surface area contributed by atoms with E-state index in [9.17, 15) is 9.59 Å². The maximum atomic E-state index is 12.3. The number of amides is 1. The van der Waals surface area contributed by atoms with Gasteiger partial charge in [0.25, 0.3) is 5.91 Å². The molecule has 0 radical (unpaired) electrons. The van der Waals surface area contributed by atoms with Crippen molar-refractivity contribution >= 4 is 17.7 Å². The minimum absolute atomic E-state index is 0.0469. The van der Waals surface area contributed by atoms with Crippen molar-refractivity contribution in [1.82, 2.24) is 20.4 Å². The first-order valence-corrected chi connectivity index (χ1v) is 8.92. The summed E-state index contributed by atoms with van der Waals surface area (Å²) in [5.74, 6) is -0.210. The molecule has 1 aliphatic carbocycles. The highest BCUT2D eigenvalue weighted by atomic mass is 16.4. The van der Waals surface area contributed by atoms with E-state index in [1.54, 1.807) is 6.07 Å². The summed E-state index contributed by atoms with van der Waals surface area (Å²) in [6.45, 7) is 4.68. The van der Waals surface area contributed by atoms with Crippen molar-refractivity contribution in [2.75, 3.05) is 31.1 Å². The Kier molecular flexibility index (Phi) is 5.47. The average molecular weight is 347 g/mol. The molecular formula is C17H25N5O3. The Bertz CT molecular complexity index is 609. The zero-order valence-electron chi connectivity index (χ0n) is 14.5. The van der Waals surface area contributed by atoms with Crippen molar-refractivity contribution in [3.05, 3.63) is 17.8 Å².